The molecule has 0 atom stereocenters. The number of anilines is 1. The molecule has 3 nitrogen and oxygen atoms in total. The molecule has 128 valence electrons. The van der Waals surface area contributed by atoms with Gasteiger partial charge in [0.1, 0.15) is 0 Å². The van der Waals surface area contributed by atoms with Gasteiger partial charge in [0.05, 0.1) is 10.6 Å². The van der Waals surface area contributed by atoms with Crippen LogP contribution in [0.2, 0.25) is 0 Å². The quantitative estimate of drug-likeness (QED) is 0.809. The smallest absolute Gasteiger partial charge is 0.264 e. The third kappa shape index (κ3) is 3.07. The molecule has 2 aromatic rings. The van der Waals surface area contributed by atoms with Gasteiger partial charge in [-0.05, 0) is 54.5 Å². The van der Waals surface area contributed by atoms with Crippen molar-refractivity contribution >= 4 is 15.7 Å². The molecule has 0 bridgehead atoms. The second-order valence-corrected chi connectivity index (χ2v) is 9.45. The third-order valence-corrected chi connectivity index (χ3v) is 6.45. The fourth-order valence-corrected chi connectivity index (χ4v) is 4.74. The van der Waals surface area contributed by atoms with Gasteiger partial charge >= 0.3 is 0 Å². The molecule has 0 amide bonds. The molecule has 2 aromatic carbocycles. The van der Waals surface area contributed by atoms with E-state index in [-0.39, 0.29) is 5.41 Å². The van der Waals surface area contributed by atoms with Gasteiger partial charge in [-0.1, -0.05) is 50.6 Å². The number of sulfonamides is 1. The molecule has 1 heterocycles. The van der Waals surface area contributed by atoms with Gasteiger partial charge in [-0.25, -0.2) is 8.42 Å². The molecule has 0 fully saturated rings. The van der Waals surface area contributed by atoms with E-state index >= 15 is 0 Å². The molecule has 0 saturated heterocycles. The average molecular weight is 343 g/mol. The van der Waals surface area contributed by atoms with Crippen molar-refractivity contribution in [3.63, 3.8) is 0 Å². The summed E-state index contributed by atoms with van der Waals surface area (Å²) in [6.07, 6.45) is 1.79. The lowest BCUT2D eigenvalue weighted by Gasteiger charge is -2.31. The monoisotopic (exact) mass is 343 g/mol. The van der Waals surface area contributed by atoms with E-state index in [0.29, 0.717) is 11.4 Å². The topological polar surface area (TPSA) is 37.4 Å². The third-order valence-electron chi connectivity index (χ3n) is 4.62. The van der Waals surface area contributed by atoms with Crippen molar-refractivity contribution in [1.29, 1.82) is 0 Å². The van der Waals surface area contributed by atoms with Crippen molar-refractivity contribution in [2.75, 3.05) is 10.8 Å². The summed E-state index contributed by atoms with van der Waals surface area (Å²) in [5, 5.41) is 0. The largest absolute Gasteiger partial charge is 0.266 e. The van der Waals surface area contributed by atoms with E-state index < -0.39 is 10.0 Å². The highest BCUT2D eigenvalue weighted by Gasteiger charge is 2.29. The van der Waals surface area contributed by atoms with Crippen molar-refractivity contribution in [2.45, 2.75) is 50.8 Å². The first-order valence-corrected chi connectivity index (χ1v) is 9.86. The Hall–Kier alpha value is -1.81. The summed E-state index contributed by atoms with van der Waals surface area (Å²) < 4.78 is 27.8. The molecule has 1 aliphatic heterocycles. The maximum Gasteiger partial charge on any atom is 0.264 e. The molecule has 24 heavy (non-hydrogen) atoms. The predicted octanol–water partition coefficient (Wildman–Crippen LogP) is 4.43. The Morgan fingerprint density at radius 1 is 1.00 bits per heavy atom. The number of rotatable bonds is 2. The number of nitrogens with zero attached hydrogens (tertiary/aromatic N) is 1. The van der Waals surface area contributed by atoms with Crippen molar-refractivity contribution < 1.29 is 8.42 Å². The lowest BCUT2D eigenvalue weighted by atomic mass is 9.87. The van der Waals surface area contributed by atoms with E-state index in [9.17, 15) is 8.42 Å². The summed E-state index contributed by atoms with van der Waals surface area (Å²) in [4.78, 5) is 0.365. The van der Waals surface area contributed by atoms with E-state index in [2.05, 4.69) is 26.8 Å². The zero-order valence-corrected chi connectivity index (χ0v) is 15.7. The minimum Gasteiger partial charge on any atom is -0.266 e. The second-order valence-electron chi connectivity index (χ2n) is 7.59. The van der Waals surface area contributed by atoms with Crippen LogP contribution in [0.1, 0.15) is 43.9 Å². The Kier molecular flexibility index (Phi) is 4.20. The Labute approximate surface area is 145 Å². The van der Waals surface area contributed by atoms with Crippen LogP contribution in [0, 0.1) is 6.92 Å². The van der Waals surface area contributed by atoms with E-state index in [1.54, 1.807) is 16.4 Å². The first-order chi connectivity index (χ1) is 11.2. The van der Waals surface area contributed by atoms with Gasteiger partial charge in [-0.15, -0.1) is 0 Å². The van der Waals surface area contributed by atoms with E-state index in [4.69, 9.17) is 0 Å². The summed E-state index contributed by atoms with van der Waals surface area (Å²) in [5.74, 6) is 0. The number of aryl methyl sites for hydroxylation is 2. The van der Waals surface area contributed by atoms with Crippen molar-refractivity contribution in [3.05, 3.63) is 59.2 Å². The highest BCUT2D eigenvalue weighted by Crippen LogP contribution is 2.33. The lowest BCUT2D eigenvalue weighted by molar-refractivity contribution is 0.582. The van der Waals surface area contributed by atoms with Crippen LogP contribution in [0.4, 0.5) is 5.69 Å². The minimum absolute atomic E-state index is 0.0115. The molecule has 0 spiro atoms. The van der Waals surface area contributed by atoms with E-state index in [0.717, 1.165) is 29.7 Å². The van der Waals surface area contributed by atoms with Gasteiger partial charge in [0, 0.05) is 6.54 Å². The first kappa shape index (κ1) is 17.0. The molecule has 0 aliphatic carbocycles. The lowest BCUT2D eigenvalue weighted by Crippen LogP contribution is -2.35. The van der Waals surface area contributed by atoms with Crippen molar-refractivity contribution in [1.82, 2.24) is 0 Å². The molecule has 0 saturated carbocycles. The fraction of sp³-hybridized carbons (Fsp3) is 0.400. The Morgan fingerprint density at radius 3 is 2.29 bits per heavy atom. The van der Waals surface area contributed by atoms with Crippen LogP contribution in [-0.2, 0) is 21.9 Å². The van der Waals surface area contributed by atoms with Crippen LogP contribution in [0.5, 0.6) is 0 Å². The van der Waals surface area contributed by atoms with Crippen molar-refractivity contribution in [2.24, 2.45) is 0 Å². The fourth-order valence-electron chi connectivity index (χ4n) is 3.20. The summed E-state index contributed by atoms with van der Waals surface area (Å²) in [7, 11) is -3.52. The highest BCUT2D eigenvalue weighted by atomic mass is 32.2. The van der Waals surface area contributed by atoms with Crippen LogP contribution >= 0.6 is 0 Å². The molecule has 0 N–H and O–H groups in total. The van der Waals surface area contributed by atoms with Gasteiger partial charge in [-0.3, -0.25) is 4.31 Å². The van der Waals surface area contributed by atoms with Crippen LogP contribution in [-0.4, -0.2) is 15.0 Å². The Balaban J connectivity index is 2.00. The maximum atomic E-state index is 13.1. The van der Waals surface area contributed by atoms with Gasteiger partial charge in [-0.2, -0.15) is 0 Å². The molecule has 0 unspecified atom stereocenters. The second kappa shape index (κ2) is 5.92. The minimum atomic E-state index is -3.52. The van der Waals surface area contributed by atoms with Gasteiger partial charge in [0.2, 0.25) is 0 Å². The highest BCUT2D eigenvalue weighted by molar-refractivity contribution is 7.92. The number of hydrogen-bond donors (Lipinski definition) is 0. The van der Waals surface area contributed by atoms with E-state index in [1.807, 2.05) is 31.2 Å². The SMILES string of the molecule is Cc1ccc2c(c1)CCCN2S(=O)(=O)c1ccc(C(C)(C)C)cc1. The normalized spacial score (nSPS) is 15.2. The summed E-state index contributed by atoms with van der Waals surface area (Å²) >= 11 is 0. The molecule has 0 aromatic heterocycles. The van der Waals surface area contributed by atoms with Gasteiger partial charge < -0.3 is 0 Å². The molecule has 3 rings (SSSR count). The van der Waals surface area contributed by atoms with Crippen LogP contribution in [0.25, 0.3) is 0 Å². The zero-order chi connectivity index (χ0) is 17.5. The van der Waals surface area contributed by atoms with Crippen LogP contribution in [0.3, 0.4) is 0 Å². The zero-order valence-electron chi connectivity index (χ0n) is 14.8. The first-order valence-electron chi connectivity index (χ1n) is 8.42. The number of benzene rings is 2. The molecular formula is C20H25NO2S. The number of hydrogen-bond acceptors (Lipinski definition) is 2. The Bertz CT molecular complexity index is 846. The average Bonchev–Trinajstić information content (AvgIpc) is 2.53. The van der Waals surface area contributed by atoms with Gasteiger partial charge in [0.25, 0.3) is 10.0 Å². The van der Waals surface area contributed by atoms with Crippen LogP contribution in [0.15, 0.2) is 47.4 Å². The van der Waals surface area contributed by atoms with Gasteiger partial charge in [0.15, 0.2) is 0 Å². The molecule has 1 aliphatic rings. The predicted molar refractivity (Wildman–Crippen MR) is 99.2 cm³/mol. The van der Waals surface area contributed by atoms with E-state index in [1.165, 1.54) is 5.56 Å². The standard InChI is InChI=1S/C20H25NO2S/c1-15-7-12-19-16(14-15)6-5-13-21(19)24(22,23)18-10-8-17(9-11-18)20(2,3)4/h7-12,14H,5-6,13H2,1-4H3. The van der Waals surface area contributed by atoms with Crippen molar-refractivity contribution in [3.8, 4) is 0 Å². The molecular weight excluding hydrogens is 318 g/mol. The molecule has 4 heteroatoms. The Morgan fingerprint density at radius 2 is 1.67 bits per heavy atom. The summed E-state index contributed by atoms with van der Waals surface area (Å²) in [6, 6.07) is 13.3. The summed E-state index contributed by atoms with van der Waals surface area (Å²) in [5.41, 5.74) is 4.26. The van der Waals surface area contributed by atoms with Crippen LogP contribution < -0.4 is 4.31 Å². The molecule has 0 radical (unpaired) electrons. The maximum absolute atomic E-state index is 13.1. The summed E-state index contributed by atoms with van der Waals surface area (Å²) in [6.45, 7) is 8.96. The number of fused-ring (bicyclic) bond motifs is 1.